The fourth-order valence-corrected chi connectivity index (χ4v) is 2.50. The lowest BCUT2D eigenvalue weighted by molar-refractivity contribution is -0.160. The number of carbonyl (C=O) groups is 4. The number of amides is 2. The number of carbonyl (C=O) groups excluding carboxylic acids is 4. The van der Waals surface area contributed by atoms with Gasteiger partial charge < -0.3 is 4.74 Å². The summed E-state index contributed by atoms with van der Waals surface area (Å²) < 4.78 is 20.2. The van der Waals surface area contributed by atoms with Gasteiger partial charge in [0.25, 0.3) is 5.67 Å². The molecular weight excluding hydrogens is 305 g/mol. The van der Waals surface area contributed by atoms with Crippen LogP contribution in [0.1, 0.15) is 23.7 Å². The second kappa shape index (κ2) is 6.28. The molecule has 1 saturated heterocycles. The molecule has 0 saturated carbocycles. The van der Waals surface area contributed by atoms with Crippen molar-refractivity contribution in [1.82, 2.24) is 4.90 Å². The van der Waals surface area contributed by atoms with Crippen molar-refractivity contribution < 1.29 is 28.3 Å². The SMILES string of the molecule is CCOC(=O)[C@](F)(C(=O)c1ccccc1)[C@@H]1CC(=O)N(C)C1=O. The van der Waals surface area contributed by atoms with E-state index in [2.05, 4.69) is 4.74 Å². The fraction of sp³-hybridized carbons (Fsp3) is 0.375. The van der Waals surface area contributed by atoms with Gasteiger partial charge >= 0.3 is 5.97 Å². The number of nitrogens with zero attached hydrogens (tertiary/aromatic N) is 1. The third-order valence-electron chi connectivity index (χ3n) is 3.80. The number of esters is 1. The summed E-state index contributed by atoms with van der Waals surface area (Å²) in [6.07, 6.45) is -0.552. The number of hydrogen-bond acceptors (Lipinski definition) is 5. The Morgan fingerprint density at radius 2 is 1.91 bits per heavy atom. The van der Waals surface area contributed by atoms with Crippen LogP contribution >= 0.6 is 0 Å². The third-order valence-corrected chi connectivity index (χ3v) is 3.80. The first-order chi connectivity index (χ1) is 10.8. The lowest BCUT2D eigenvalue weighted by Gasteiger charge is -2.26. The van der Waals surface area contributed by atoms with Gasteiger partial charge in [0.1, 0.15) is 5.92 Å². The van der Waals surface area contributed by atoms with Crippen molar-refractivity contribution >= 4 is 23.6 Å². The number of benzene rings is 1. The molecule has 0 bridgehead atoms. The van der Waals surface area contributed by atoms with E-state index >= 15 is 4.39 Å². The summed E-state index contributed by atoms with van der Waals surface area (Å²) in [6, 6.07) is 7.31. The van der Waals surface area contributed by atoms with Crippen LogP contribution in [0.5, 0.6) is 0 Å². The van der Waals surface area contributed by atoms with Crippen molar-refractivity contribution in [2.75, 3.05) is 13.7 Å². The molecule has 7 heteroatoms. The van der Waals surface area contributed by atoms with Crippen molar-refractivity contribution in [2.45, 2.75) is 19.0 Å². The lowest BCUT2D eigenvalue weighted by Crippen LogP contribution is -2.52. The molecule has 1 heterocycles. The molecule has 0 spiro atoms. The molecule has 0 N–H and O–H groups in total. The van der Waals surface area contributed by atoms with Crippen LogP contribution in [0.15, 0.2) is 30.3 Å². The summed E-state index contributed by atoms with van der Waals surface area (Å²) in [5, 5.41) is 0. The molecule has 2 atom stereocenters. The normalized spacial score (nSPS) is 20.3. The Balaban J connectivity index is 2.49. The Morgan fingerprint density at radius 3 is 2.39 bits per heavy atom. The van der Waals surface area contributed by atoms with Crippen LogP contribution in [0.2, 0.25) is 0 Å². The zero-order chi connectivity index (χ0) is 17.2. The first-order valence-electron chi connectivity index (χ1n) is 7.10. The zero-order valence-corrected chi connectivity index (χ0v) is 12.7. The Kier molecular flexibility index (Phi) is 4.58. The molecule has 23 heavy (non-hydrogen) atoms. The molecule has 2 rings (SSSR count). The topological polar surface area (TPSA) is 80.8 Å². The van der Waals surface area contributed by atoms with Crippen LogP contribution in [0.4, 0.5) is 4.39 Å². The minimum absolute atomic E-state index is 0.0714. The highest BCUT2D eigenvalue weighted by Gasteiger charge is 2.61. The molecule has 1 aromatic carbocycles. The van der Waals surface area contributed by atoms with Gasteiger partial charge in [-0.15, -0.1) is 0 Å². The van der Waals surface area contributed by atoms with Gasteiger partial charge in [0.15, 0.2) is 0 Å². The van der Waals surface area contributed by atoms with Crippen LogP contribution in [0.3, 0.4) is 0 Å². The van der Waals surface area contributed by atoms with Crippen LogP contribution in [0.25, 0.3) is 0 Å². The van der Waals surface area contributed by atoms with E-state index in [0.717, 1.165) is 4.90 Å². The van der Waals surface area contributed by atoms with Gasteiger partial charge in [0.05, 0.1) is 6.61 Å². The average Bonchev–Trinajstić information content (AvgIpc) is 2.82. The molecule has 1 fully saturated rings. The Morgan fingerprint density at radius 1 is 1.30 bits per heavy atom. The summed E-state index contributed by atoms with van der Waals surface area (Å²) in [5.74, 6) is -5.90. The maximum atomic E-state index is 15.5. The first-order valence-corrected chi connectivity index (χ1v) is 7.10. The summed E-state index contributed by atoms with van der Waals surface area (Å²) in [5.41, 5.74) is -3.30. The summed E-state index contributed by atoms with van der Waals surface area (Å²) >= 11 is 0. The minimum atomic E-state index is -3.23. The van der Waals surface area contributed by atoms with E-state index in [1.807, 2.05) is 0 Å². The van der Waals surface area contributed by atoms with Crippen molar-refractivity contribution in [2.24, 2.45) is 5.92 Å². The number of likely N-dealkylation sites (tertiary alicyclic amines) is 1. The number of hydrogen-bond donors (Lipinski definition) is 0. The van der Waals surface area contributed by atoms with Crippen molar-refractivity contribution in [1.29, 1.82) is 0 Å². The van der Waals surface area contributed by atoms with Gasteiger partial charge in [-0.3, -0.25) is 19.3 Å². The molecule has 1 aliphatic rings. The van der Waals surface area contributed by atoms with Gasteiger partial charge in [-0.05, 0) is 6.92 Å². The number of imide groups is 1. The molecular formula is C16H16FNO5. The van der Waals surface area contributed by atoms with Gasteiger partial charge in [-0.25, -0.2) is 9.18 Å². The highest BCUT2D eigenvalue weighted by atomic mass is 19.1. The van der Waals surface area contributed by atoms with Crippen molar-refractivity contribution in [3.05, 3.63) is 35.9 Å². The maximum absolute atomic E-state index is 15.5. The molecule has 2 amide bonds. The van der Waals surface area contributed by atoms with Crippen LogP contribution in [0, 0.1) is 5.92 Å². The summed E-state index contributed by atoms with van der Waals surface area (Å²) in [6.45, 7) is 1.30. The number of alkyl halides is 1. The van der Waals surface area contributed by atoms with E-state index in [0.29, 0.717) is 0 Å². The van der Waals surface area contributed by atoms with E-state index in [9.17, 15) is 19.2 Å². The maximum Gasteiger partial charge on any atom is 0.353 e. The quantitative estimate of drug-likeness (QED) is 0.352. The highest BCUT2D eigenvalue weighted by molar-refractivity contribution is 6.20. The smallest absolute Gasteiger partial charge is 0.353 e. The van der Waals surface area contributed by atoms with E-state index < -0.39 is 41.6 Å². The van der Waals surface area contributed by atoms with Gasteiger partial charge in [-0.2, -0.15) is 0 Å². The monoisotopic (exact) mass is 321 g/mol. The third kappa shape index (κ3) is 2.74. The van der Waals surface area contributed by atoms with E-state index in [4.69, 9.17) is 0 Å². The average molecular weight is 321 g/mol. The number of ketones is 1. The Labute approximate surface area is 132 Å². The largest absolute Gasteiger partial charge is 0.463 e. The lowest BCUT2D eigenvalue weighted by atomic mass is 9.81. The second-order valence-electron chi connectivity index (χ2n) is 5.18. The molecule has 1 aromatic rings. The fourth-order valence-electron chi connectivity index (χ4n) is 2.50. The molecule has 0 aliphatic carbocycles. The molecule has 0 aromatic heterocycles. The zero-order valence-electron chi connectivity index (χ0n) is 12.7. The summed E-state index contributed by atoms with van der Waals surface area (Å²) in [7, 11) is 1.18. The van der Waals surface area contributed by atoms with Crippen molar-refractivity contribution in [3.63, 3.8) is 0 Å². The minimum Gasteiger partial charge on any atom is -0.463 e. The molecule has 0 radical (unpaired) electrons. The number of ether oxygens (including phenoxy) is 1. The van der Waals surface area contributed by atoms with E-state index in [1.165, 1.54) is 38.2 Å². The molecule has 1 aliphatic heterocycles. The summed E-state index contributed by atoms with van der Waals surface area (Å²) in [4.78, 5) is 49.2. The van der Waals surface area contributed by atoms with E-state index in [-0.39, 0.29) is 12.2 Å². The Bertz CT molecular complexity index is 660. The molecule has 122 valence electrons. The van der Waals surface area contributed by atoms with Crippen LogP contribution in [-0.2, 0) is 19.1 Å². The van der Waals surface area contributed by atoms with E-state index in [1.54, 1.807) is 6.07 Å². The predicted molar refractivity (Wildman–Crippen MR) is 77.1 cm³/mol. The van der Waals surface area contributed by atoms with Gasteiger partial charge in [-0.1, -0.05) is 30.3 Å². The van der Waals surface area contributed by atoms with Gasteiger partial charge in [0.2, 0.25) is 17.6 Å². The number of rotatable bonds is 5. The number of Topliss-reactive ketones (excluding diaryl/α,β-unsaturated/α-hetero) is 1. The van der Waals surface area contributed by atoms with Crippen molar-refractivity contribution in [3.8, 4) is 0 Å². The van der Waals surface area contributed by atoms with Crippen LogP contribution in [-0.4, -0.2) is 47.8 Å². The number of halogens is 1. The first kappa shape index (κ1) is 16.8. The molecule has 6 nitrogen and oxygen atoms in total. The van der Waals surface area contributed by atoms with Gasteiger partial charge in [0, 0.05) is 19.0 Å². The highest BCUT2D eigenvalue weighted by Crippen LogP contribution is 2.36. The van der Waals surface area contributed by atoms with Crippen LogP contribution < -0.4 is 0 Å². The molecule has 0 unspecified atom stereocenters. The second-order valence-corrected chi connectivity index (χ2v) is 5.18. The standard InChI is InChI=1S/C16H16FNO5/c1-3-23-15(22)16(17,11-9-12(19)18(2)14(11)21)13(20)10-7-5-4-6-8-10/h4-8,11H,3,9H2,1-2H3/t11-,16-/m1/s1. The Hall–Kier alpha value is -2.57. The predicted octanol–water partition coefficient (Wildman–Crippen LogP) is 1.15.